The van der Waals surface area contributed by atoms with Crippen molar-refractivity contribution in [1.29, 1.82) is 0 Å². The van der Waals surface area contributed by atoms with Gasteiger partial charge in [-0.15, -0.1) is 0 Å². The van der Waals surface area contributed by atoms with Crippen LogP contribution in [0.1, 0.15) is 51.0 Å². The van der Waals surface area contributed by atoms with Crippen molar-refractivity contribution in [2.75, 3.05) is 17.6 Å². The molecule has 0 aromatic heterocycles. The average Bonchev–Trinajstić information content (AvgIpc) is 2.32. The van der Waals surface area contributed by atoms with Crippen LogP contribution in [0.2, 0.25) is 0 Å². The van der Waals surface area contributed by atoms with Crippen molar-refractivity contribution in [1.82, 2.24) is 0 Å². The topological polar surface area (TPSA) is 38.0 Å². The normalized spacial score (nSPS) is 10.5. The predicted octanol–water partition coefficient (Wildman–Crippen LogP) is 4.35. The van der Waals surface area contributed by atoms with Crippen LogP contribution in [0.3, 0.4) is 0 Å². The van der Waals surface area contributed by atoms with Gasteiger partial charge in [0.25, 0.3) is 0 Å². The molecule has 0 saturated carbocycles. The largest absolute Gasteiger partial charge is 0.398 e. The predicted molar refractivity (Wildman–Crippen MR) is 77.5 cm³/mol. The lowest BCUT2D eigenvalue weighted by atomic mass is 10.1. The Morgan fingerprint density at radius 2 is 1.76 bits per heavy atom. The van der Waals surface area contributed by atoms with Crippen molar-refractivity contribution in [2.24, 2.45) is 0 Å². The van der Waals surface area contributed by atoms with Gasteiger partial charge in [-0.3, -0.25) is 0 Å². The van der Waals surface area contributed by atoms with E-state index in [1.54, 1.807) is 0 Å². The Balaban J connectivity index is 2.11. The van der Waals surface area contributed by atoms with E-state index in [9.17, 15) is 0 Å². The first-order chi connectivity index (χ1) is 8.24. The van der Waals surface area contributed by atoms with Gasteiger partial charge in [0.15, 0.2) is 0 Å². The van der Waals surface area contributed by atoms with E-state index in [1.807, 2.05) is 13.0 Å². The summed E-state index contributed by atoms with van der Waals surface area (Å²) in [6.07, 6.45) is 8.02. The lowest BCUT2D eigenvalue weighted by molar-refractivity contribution is 0.617. The molecule has 2 nitrogen and oxygen atoms in total. The summed E-state index contributed by atoms with van der Waals surface area (Å²) < 4.78 is 0. The molecule has 1 rings (SSSR count). The fraction of sp³-hybridized carbons (Fsp3) is 0.600. The van der Waals surface area contributed by atoms with Crippen LogP contribution in [-0.2, 0) is 0 Å². The molecular formula is C15H26N2. The molecule has 0 saturated heterocycles. The van der Waals surface area contributed by atoms with Gasteiger partial charge >= 0.3 is 0 Å². The number of nitrogens with two attached hydrogens (primary N) is 1. The minimum atomic E-state index is 0.873. The highest BCUT2D eigenvalue weighted by atomic mass is 14.9. The number of aryl methyl sites for hydroxylation is 1. The quantitative estimate of drug-likeness (QED) is 0.518. The average molecular weight is 234 g/mol. The lowest BCUT2D eigenvalue weighted by Crippen LogP contribution is -2.02. The van der Waals surface area contributed by atoms with E-state index in [2.05, 4.69) is 24.4 Å². The van der Waals surface area contributed by atoms with Gasteiger partial charge < -0.3 is 11.1 Å². The zero-order valence-corrected chi connectivity index (χ0v) is 11.3. The van der Waals surface area contributed by atoms with E-state index in [4.69, 9.17) is 5.73 Å². The molecule has 17 heavy (non-hydrogen) atoms. The molecule has 2 heteroatoms. The monoisotopic (exact) mass is 234 g/mol. The molecule has 0 unspecified atom stereocenters. The molecule has 0 aliphatic rings. The maximum absolute atomic E-state index is 5.87. The summed E-state index contributed by atoms with van der Waals surface area (Å²) in [7, 11) is 0. The molecule has 0 spiro atoms. The Bertz CT molecular complexity index is 321. The number of nitrogens with one attached hydrogen (secondary N) is 1. The van der Waals surface area contributed by atoms with E-state index in [1.165, 1.54) is 38.5 Å². The van der Waals surface area contributed by atoms with E-state index >= 15 is 0 Å². The molecule has 3 N–H and O–H groups in total. The number of hydrogen-bond acceptors (Lipinski definition) is 2. The van der Waals surface area contributed by atoms with E-state index in [0.717, 1.165) is 23.5 Å². The molecular weight excluding hydrogens is 208 g/mol. The Kier molecular flexibility index (Phi) is 6.53. The first-order valence-corrected chi connectivity index (χ1v) is 6.84. The zero-order valence-electron chi connectivity index (χ0n) is 11.3. The van der Waals surface area contributed by atoms with Crippen LogP contribution < -0.4 is 11.1 Å². The number of nitrogen functional groups attached to an aromatic ring is 1. The number of rotatable bonds is 8. The van der Waals surface area contributed by atoms with Crippen molar-refractivity contribution < 1.29 is 0 Å². The SMILES string of the molecule is CCCCCCCCNc1ccc(C)c(N)c1. The van der Waals surface area contributed by atoms with Gasteiger partial charge in [-0.1, -0.05) is 45.1 Å². The van der Waals surface area contributed by atoms with Crippen LogP contribution in [0.5, 0.6) is 0 Å². The fourth-order valence-corrected chi connectivity index (χ4v) is 1.89. The van der Waals surface area contributed by atoms with Crippen LogP contribution in [0.4, 0.5) is 11.4 Å². The van der Waals surface area contributed by atoms with Crippen molar-refractivity contribution in [3.63, 3.8) is 0 Å². The van der Waals surface area contributed by atoms with Gasteiger partial charge in [-0.05, 0) is 31.0 Å². The summed E-state index contributed by atoms with van der Waals surface area (Å²) in [5.74, 6) is 0. The lowest BCUT2D eigenvalue weighted by Gasteiger charge is -2.08. The molecule has 0 heterocycles. The number of benzene rings is 1. The molecule has 96 valence electrons. The molecule has 0 aliphatic heterocycles. The number of unbranched alkanes of at least 4 members (excludes halogenated alkanes) is 5. The first kappa shape index (κ1) is 13.9. The molecule has 0 radical (unpaired) electrons. The standard InChI is InChI=1S/C15H26N2/c1-3-4-5-6-7-8-11-17-14-10-9-13(2)15(16)12-14/h9-10,12,17H,3-8,11,16H2,1-2H3. The fourth-order valence-electron chi connectivity index (χ4n) is 1.89. The Hall–Kier alpha value is -1.18. The van der Waals surface area contributed by atoms with Gasteiger partial charge in [-0.2, -0.15) is 0 Å². The molecule has 0 fully saturated rings. The highest BCUT2D eigenvalue weighted by molar-refractivity contribution is 5.58. The highest BCUT2D eigenvalue weighted by Gasteiger charge is 1.96. The second-order valence-electron chi connectivity index (χ2n) is 4.77. The number of hydrogen-bond donors (Lipinski definition) is 2. The van der Waals surface area contributed by atoms with Crippen molar-refractivity contribution in [2.45, 2.75) is 52.4 Å². The summed E-state index contributed by atoms with van der Waals surface area (Å²) in [4.78, 5) is 0. The van der Waals surface area contributed by atoms with Crippen LogP contribution in [0, 0.1) is 6.92 Å². The van der Waals surface area contributed by atoms with E-state index in [-0.39, 0.29) is 0 Å². The van der Waals surface area contributed by atoms with Gasteiger partial charge in [0.1, 0.15) is 0 Å². The highest BCUT2D eigenvalue weighted by Crippen LogP contribution is 2.17. The van der Waals surface area contributed by atoms with Crippen molar-refractivity contribution in [3.05, 3.63) is 23.8 Å². The third-order valence-electron chi connectivity index (χ3n) is 3.14. The second kappa shape index (κ2) is 7.99. The van der Waals surface area contributed by atoms with Gasteiger partial charge in [-0.25, -0.2) is 0 Å². The van der Waals surface area contributed by atoms with Crippen LogP contribution in [0.25, 0.3) is 0 Å². The summed E-state index contributed by atoms with van der Waals surface area (Å²) >= 11 is 0. The summed E-state index contributed by atoms with van der Waals surface area (Å²) in [6, 6.07) is 6.19. The van der Waals surface area contributed by atoms with Crippen LogP contribution in [-0.4, -0.2) is 6.54 Å². The third kappa shape index (κ3) is 5.62. The Morgan fingerprint density at radius 1 is 1.06 bits per heavy atom. The Labute approximate surface area is 106 Å². The molecule has 0 bridgehead atoms. The van der Waals surface area contributed by atoms with E-state index < -0.39 is 0 Å². The molecule has 0 atom stereocenters. The van der Waals surface area contributed by atoms with E-state index in [0.29, 0.717) is 0 Å². The van der Waals surface area contributed by atoms with Crippen molar-refractivity contribution >= 4 is 11.4 Å². The number of anilines is 2. The summed E-state index contributed by atoms with van der Waals surface area (Å²) in [5, 5.41) is 3.42. The first-order valence-electron chi connectivity index (χ1n) is 6.84. The minimum absolute atomic E-state index is 0.873. The zero-order chi connectivity index (χ0) is 12.5. The van der Waals surface area contributed by atoms with Gasteiger partial charge in [0, 0.05) is 17.9 Å². The summed E-state index contributed by atoms with van der Waals surface area (Å²) in [5.41, 5.74) is 9.03. The molecule has 1 aromatic rings. The molecule has 1 aromatic carbocycles. The molecule has 0 amide bonds. The van der Waals surface area contributed by atoms with Gasteiger partial charge in [0.05, 0.1) is 0 Å². The van der Waals surface area contributed by atoms with Crippen molar-refractivity contribution in [3.8, 4) is 0 Å². The second-order valence-corrected chi connectivity index (χ2v) is 4.77. The smallest absolute Gasteiger partial charge is 0.0364 e. The van der Waals surface area contributed by atoms with Crippen LogP contribution >= 0.6 is 0 Å². The Morgan fingerprint density at radius 3 is 2.47 bits per heavy atom. The maximum Gasteiger partial charge on any atom is 0.0364 e. The summed E-state index contributed by atoms with van der Waals surface area (Å²) in [6.45, 7) is 5.34. The maximum atomic E-state index is 5.87. The minimum Gasteiger partial charge on any atom is -0.398 e. The van der Waals surface area contributed by atoms with Crippen LogP contribution in [0.15, 0.2) is 18.2 Å². The van der Waals surface area contributed by atoms with Gasteiger partial charge in [0.2, 0.25) is 0 Å². The molecule has 0 aliphatic carbocycles. The third-order valence-corrected chi connectivity index (χ3v) is 3.14.